The monoisotopic (exact) mass is 288 g/mol. The van der Waals surface area contributed by atoms with Gasteiger partial charge in [0.15, 0.2) is 0 Å². The van der Waals surface area contributed by atoms with E-state index in [2.05, 4.69) is 11.8 Å². The summed E-state index contributed by atoms with van der Waals surface area (Å²) in [5, 5.41) is 0. The number of carbonyl (C=O) groups is 1. The predicted octanol–water partition coefficient (Wildman–Crippen LogP) is 2.54. The van der Waals surface area contributed by atoms with E-state index in [-0.39, 0.29) is 12.5 Å². The van der Waals surface area contributed by atoms with Crippen molar-refractivity contribution in [2.24, 2.45) is 5.73 Å². The number of hydrogen-bond acceptors (Lipinski definition) is 2. The van der Waals surface area contributed by atoms with Crippen LogP contribution in [0.15, 0.2) is 18.2 Å². The fraction of sp³-hybridized carbons (Fsp3) is 0.471. The van der Waals surface area contributed by atoms with Crippen LogP contribution in [-0.4, -0.2) is 29.9 Å². The molecule has 1 aromatic carbocycles. The summed E-state index contributed by atoms with van der Waals surface area (Å²) in [7, 11) is 0. The number of nitrogens with zero attached hydrogens (tertiary/aromatic N) is 1. The van der Waals surface area contributed by atoms with Crippen molar-refractivity contribution >= 4 is 5.91 Å². The lowest BCUT2D eigenvalue weighted by Crippen LogP contribution is -2.39. The molecule has 21 heavy (non-hydrogen) atoms. The van der Waals surface area contributed by atoms with Crippen molar-refractivity contribution in [2.45, 2.75) is 38.6 Å². The highest BCUT2D eigenvalue weighted by atomic mass is 19.1. The van der Waals surface area contributed by atoms with Gasteiger partial charge >= 0.3 is 0 Å². The largest absolute Gasteiger partial charge is 0.336 e. The number of amides is 1. The van der Waals surface area contributed by atoms with Crippen molar-refractivity contribution in [3.63, 3.8) is 0 Å². The molecule has 0 atom stereocenters. The van der Waals surface area contributed by atoms with Crippen LogP contribution in [0, 0.1) is 17.7 Å². The highest BCUT2D eigenvalue weighted by Gasteiger charge is 2.27. The van der Waals surface area contributed by atoms with Crippen molar-refractivity contribution < 1.29 is 9.18 Å². The van der Waals surface area contributed by atoms with E-state index >= 15 is 0 Å². The Labute approximate surface area is 125 Å². The van der Waals surface area contributed by atoms with E-state index in [1.54, 1.807) is 0 Å². The van der Waals surface area contributed by atoms with Gasteiger partial charge in [-0.2, -0.15) is 0 Å². The van der Waals surface area contributed by atoms with Crippen molar-refractivity contribution in [3.05, 3.63) is 35.1 Å². The molecule has 2 rings (SSSR count). The fourth-order valence-corrected chi connectivity index (χ4v) is 2.89. The molecule has 0 heterocycles. The molecule has 0 aromatic heterocycles. The highest BCUT2D eigenvalue weighted by molar-refractivity contribution is 5.97. The summed E-state index contributed by atoms with van der Waals surface area (Å²) in [5.74, 6) is 5.04. The van der Waals surface area contributed by atoms with E-state index in [1.807, 2.05) is 11.8 Å². The lowest BCUT2D eigenvalue weighted by atomic mass is 10.0. The van der Waals surface area contributed by atoms with E-state index < -0.39 is 5.82 Å². The maximum absolute atomic E-state index is 13.4. The summed E-state index contributed by atoms with van der Waals surface area (Å²) >= 11 is 0. The van der Waals surface area contributed by atoms with Crippen molar-refractivity contribution in [2.75, 3.05) is 13.1 Å². The van der Waals surface area contributed by atoms with Crippen LogP contribution in [0.5, 0.6) is 0 Å². The number of carbonyl (C=O) groups excluding carboxylic acids is 1. The third-order valence-corrected chi connectivity index (χ3v) is 3.90. The quantitative estimate of drug-likeness (QED) is 0.869. The molecule has 1 aliphatic rings. The van der Waals surface area contributed by atoms with Crippen LogP contribution >= 0.6 is 0 Å². The Hall–Kier alpha value is -1.86. The van der Waals surface area contributed by atoms with E-state index in [0.29, 0.717) is 23.7 Å². The maximum atomic E-state index is 13.4. The molecule has 1 aliphatic carbocycles. The van der Waals surface area contributed by atoms with Crippen LogP contribution < -0.4 is 5.73 Å². The minimum atomic E-state index is -0.392. The van der Waals surface area contributed by atoms with Gasteiger partial charge in [-0.25, -0.2) is 4.39 Å². The van der Waals surface area contributed by atoms with Gasteiger partial charge in [-0.05, 0) is 38.0 Å². The second-order valence-corrected chi connectivity index (χ2v) is 5.23. The van der Waals surface area contributed by atoms with Crippen LogP contribution in [0.4, 0.5) is 4.39 Å². The third-order valence-electron chi connectivity index (χ3n) is 3.90. The molecule has 0 aliphatic heterocycles. The van der Waals surface area contributed by atoms with Gasteiger partial charge in [0.1, 0.15) is 5.82 Å². The first-order valence-corrected chi connectivity index (χ1v) is 7.46. The average molecular weight is 288 g/mol. The SMILES string of the molecule is CCN(C(=O)c1ccc(F)cc1C#CCN)C1CCCC1. The summed E-state index contributed by atoms with van der Waals surface area (Å²) in [6.45, 7) is 2.82. The van der Waals surface area contributed by atoms with Crippen LogP contribution in [0.1, 0.15) is 48.5 Å². The van der Waals surface area contributed by atoms with Gasteiger partial charge in [0, 0.05) is 18.2 Å². The number of rotatable bonds is 3. The summed E-state index contributed by atoms with van der Waals surface area (Å²) in [6.07, 6.45) is 4.42. The smallest absolute Gasteiger partial charge is 0.255 e. The Morgan fingerprint density at radius 1 is 1.43 bits per heavy atom. The molecule has 4 heteroatoms. The number of benzene rings is 1. The van der Waals surface area contributed by atoms with Crippen LogP contribution in [-0.2, 0) is 0 Å². The number of halogens is 1. The lowest BCUT2D eigenvalue weighted by Gasteiger charge is -2.28. The van der Waals surface area contributed by atoms with Gasteiger partial charge in [0.25, 0.3) is 5.91 Å². The zero-order valence-corrected chi connectivity index (χ0v) is 12.4. The van der Waals surface area contributed by atoms with Gasteiger partial charge < -0.3 is 10.6 Å². The Bertz CT molecular complexity index is 568. The van der Waals surface area contributed by atoms with Crippen molar-refractivity contribution in [1.29, 1.82) is 0 Å². The molecule has 0 spiro atoms. The second kappa shape index (κ2) is 7.24. The molecule has 0 radical (unpaired) electrons. The zero-order valence-electron chi connectivity index (χ0n) is 12.4. The summed E-state index contributed by atoms with van der Waals surface area (Å²) in [5.41, 5.74) is 6.25. The molecule has 1 amide bonds. The molecule has 0 unspecified atom stereocenters. The summed E-state index contributed by atoms with van der Waals surface area (Å²) in [6, 6.07) is 4.43. The minimum absolute atomic E-state index is 0.0641. The molecule has 0 saturated heterocycles. The van der Waals surface area contributed by atoms with E-state index in [1.165, 1.54) is 18.2 Å². The second-order valence-electron chi connectivity index (χ2n) is 5.23. The lowest BCUT2D eigenvalue weighted by molar-refractivity contribution is 0.0693. The first-order valence-electron chi connectivity index (χ1n) is 7.46. The van der Waals surface area contributed by atoms with Gasteiger partial charge in [-0.1, -0.05) is 24.7 Å². The van der Waals surface area contributed by atoms with Crippen LogP contribution in [0.25, 0.3) is 0 Å². The molecule has 1 saturated carbocycles. The minimum Gasteiger partial charge on any atom is -0.336 e. The average Bonchev–Trinajstić information content (AvgIpc) is 3.00. The zero-order chi connectivity index (χ0) is 15.2. The first-order chi connectivity index (χ1) is 10.2. The van der Waals surface area contributed by atoms with Crippen LogP contribution in [0.3, 0.4) is 0 Å². The summed E-state index contributed by atoms with van der Waals surface area (Å²) < 4.78 is 13.4. The fourth-order valence-electron chi connectivity index (χ4n) is 2.89. The van der Waals surface area contributed by atoms with Gasteiger partial charge in [0.05, 0.1) is 12.1 Å². The van der Waals surface area contributed by atoms with Gasteiger partial charge in [0.2, 0.25) is 0 Å². The molecule has 1 aromatic rings. The Morgan fingerprint density at radius 3 is 2.76 bits per heavy atom. The molecule has 3 nitrogen and oxygen atoms in total. The van der Waals surface area contributed by atoms with E-state index in [9.17, 15) is 9.18 Å². The highest BCUT2D eigenvalue weighted by Crippen LogP contribution is 2.25. The number of hydrogen-bond donors (Lipinski definition) is 1. The topological polar surface area (TPSA) is 46.3 Å². The molecular formula is C17H21FN2O. The number of nitrogens with two attached hydrogens (primary N) is 1. The normalized spacial score (nSPS) is 14.6. The Morgan fingerprint density at radius 2 is 2.14 bits per heavy atom. The van der Waals surface area contributed by atoms with E-state index in [0.717, 1.165) is 25.7 Å². The predicted molar refractivity (Wildman–Crippen MR) is 81.3 cm³/mol. The molecular weight excluding hydrogens is 267 g/mol. The Balaban J connectivity index is 2.32. The first kappa shape index (κ1) is 15.5. The Kier molecular flexibility index (Phi) is 5.35. The third kappa shape index (κ3) is 3.62. The van der Waals surface area contributed by atoms with Gasteiger partial charge in [-0.15, -0.1) is 0 Å². The van der Waals surface area contributed by atoms with Crippen molar-refractivity contribution in [1.82, 2.24) is 4.90 Å². The summed E-state index contributed by atoms with van der Waals surface area (Å²) in [4.78, 5) is 14.6. The standard InChI is InChI=1S/C17H21FN2O/c1-2-20(15-7-3-4-8-15)17(21)16-10-9-14(18)12-13(16)6-5-11-19/h9-10,12,15H,2-4,7-8,11,19H2,1H3. The van der Waals surface area contributed by atoms with Crippen molar-refractivity contribution in [3.8, 4) is 11.8 Å². The van der Waals surface area contributed by atoms with Gasteiger partial charge in [-0.3, -0.25) is 4.79 Å². The molecule has 2 N–H and O–H groups in total. The molecule has 0 bridgehead atoms. The molecule has 1 fully saturated rings. The molecule has 112 valence electrons. The van der Waals surface area contributed by atoms with E-state index in [4.69, 9.17) is 5.73 Å². The maximum Gasteiger partial charge on any atom is 0.255 e. The van der Waals surface area contributed by atoms with Crippen LogP contribution in [0.2, 0.25) is 0 Å².